The standard InChI is InChI=1S/C7H9N5O/c1-13-7-3-2-5-9-10-6(4-8)12(5)11-7/h2-3H,4,8H2,1H3. The molecule has 0 fully saturated rings. The monoisotopic (exact) mass is 179 g/mol. The van der Waals surface area contributed by atoms with Gasteiger partial charge in [0.1, 0.15) is 0 Å². The molecule has 0 aromatic carbocycles. The van der Waals surface area contributed by atoms with Crippen LogP contribution in [0.2, 0.25) is 0 Å². The van der Waals surface area contributed by atoms with Gasteiger partial charge in [-0.3, -0.25) is 0 Å². The van der Waals surface area contributed by atoms with Crippen molar-refractivity contribution in [3.63, 3.8) is 0 Å². The zero-order valence-electron chi connectivity index (χ0n) is 7.14. The summed E-state index contributed by atoms with van der Waals surface area (Å²) < 4.78 is 6.53. The summed E-state index contributed by atoms with van der Waals surface area (Å²) in [6.07, 6.45) is 0. The Morgan fingerprint density at radius 3 is 3.00 bits per heavy atom. The van der Waals surface area contributed by atoms with Gasteiger partial charge in [0.25, 0.3) is 0 Å². The molecule has 2 aromatic rings. The summed E-state index contributed by atoms with van der Waals surface area (Å²) >= 11 is 0. The Bertz CT molecular complexity index is 424. The van der Waals surface area contributed by atoms with Crippen LogP contribution in [0.3, 0.4) is 0 Å². The van der Waals surface area contributed by atoms with Crippen molar-refractivity contribution < 1.29 is 4.74 Å². The van der Waals surface area contributed by atoms with Crippen LogP contribution in [-0.2, 0) is 6.54 Å². The zero-order chi connectivity index (χ0) is 9.26. The van der Waals surface area contributed by atoms with Crippen LogP contribution in [0.15, 0.2) is 12.1 Å². The minimum Gasteiger partial charge on any atom is -0.480 e. The Morgan fingerprint density at radius 2 is 2.31 bits per heavy atom. The summed E-state index contributed by atoms with van der Waals surface area (Å²) in [5.74, 6) is 1.14. The van der Waals surface area contributed by atoms with Crippen molar-refractivity contribution in [2.45, 2.75) is 6.54 Å². The molecule has 0 unspecified atom stereocenters. The Morgan fingerprint density at radius 1 is 1.46 bits per heavy atom. The van der Waals surface area contributed by atoms with Crippen molar-refractivity contribution in [2.24, 2.45) is 5.73 Å². The fraction of sp³-hybridized carbons (Fsp3) is 0.286. The normalized spacial score (nSPS) is 10.6. The summed E-state index contributed by atoms with van der Waals surface area (Å²) in [6, 6.07) is 3.50. The van der Waals surface area contributed by atoms with Gasteiger partial charge in [0.2, 0.25) is 5.88 Å². The van der Waals surface area contributed by atoms with Crippen molar-refractivity contribution in [1.82, 2.24) is 19.8 Å². The molecule has 6 nitrogen and oxygen atoms in total. The van der Waals surface area contributed by atoms with Crippen LogP contribution in [0.4, 0.5) is 0 Å². The Kier molecular flexibility index (Phi) is 1.82. The molecule has 2 N–H and O–H groups in total. The smallest absolute Gasteiger partial charge is 0.231 e. The van der Waals surface area contributed by atoms with E-state index >= 15 is 0 Å². The molecule has 2 aromatic heterocycles. The second kappa shape index (κ2) is 2.98. The predicted octanol–water partition coefficient (Wildman–Crippen LogP) is -0.408. The van der Waals surface area contributed by atoms with E-state index in [1.54, 1.807) is 23.8 Å². The van der Waals surface area contributed by atoms with Crippen LogP contribution in [-0.4, -0.2) is 26.9 Å². The zero-order valence-corrected chi connectivity index (χ0v) is 7.14. The third-order valence-corrected chi connectivity index (χ3v) is 1.69. The van der Waals surface area contributed by atoms with E-state index < -0.39 is 0 Å². The quantitative estimate of drug-likeness (QED) is 0.678. The van der Waals surface area contributed by atoms with Crippen molar-refractivity contribution >= 4 is 5.65 Å². The van der Waals surface area contributed by atoms with Crippen LogP contribution in [0.25, 0.3) is 5.65 Å². The number of nitrogens with two attached hydrogens (primary N) is 1. The topological polar surface area (TPSA) is 78.3 Å². The van der Waals surface area contributed by atoms with Gasteiger partial charge in [-0.25, -0.2) is 0 Å². The van der Waals surface area contributed by atoms with Crippen molar-refractivity contribution in [3.05, 3.63) is 18.0 Å². The molecule has 0 bridgehead atoms. The highest BCUT2D eigenvalue weighted by Gasteiger charge is 2.04. The molecule has 68 valence electrons. The minimum absolute atomic E-state index is 0.307. The maximum atomic E-state index is 5.45. The fourth-order valence-corrected chi connectivity index (χ4v) is 1.05. The Balaban J connectivity index is 2.64. The number of ether oxygens (including phenoxy) is 1. The third-order valence-electron chi connectivity index (χ3n) is 1.69. The maximum Gasteiger partial charge on any atom is 0.231 e. The van der Waals surface area contributed by atoms with Gasteiger partial charge in [0.15, 0.2) is 11.5 Å². The van der Waals surface area contributed by atoms with Crippen LogP contribution >= 0.6 is 0 Å². The lowest BCUT2D eigenvalue weighted by Gasteiger charge is -1.98. The Labute approximate surface area is 74.3 Å². The van der Waals surface area contributed by atoms with Gasteiger partial charge in [-0.15, -0.1) is 15.3 Å². The molecule has 13 heavy (non-hydrogen) atoms. The molecule has 2 heterocycles. The highest BCUT2D eigenvalue weighted by atomic mass is 16.5. The average Bonchev–Trinajstić information content (AvgIpc) is 2.59. The van der Waals surface area contributed by atoms with Gasteiger partial charge in [-0.1, -0.05) is 0 Å². The molecule has 0 saturated heterocycles. The SMILES string of the molecule is COc1ccc2nnc(CN)n2n1. The highest BCUT2D eigenvalue weighted by molar-refractivity contribution is 5.37. The number of fused-ring (bicyclic) bond motifs is 1. The van der Waals surface area contributed by atoms with Crippen LogP contribution < -0.4 is 10.5 Å². The van der Waals surface area contributed by atoms with Crippen LogP contribution in [0, 0.1) is 0 Å². The largest absolute Gasteiger partial charge is 0.480 e. The summed E-state index contributed by atoms with van der Waals surface area (Å²) in [6.45, 7) is 0.307. The van der Waals surface area contributed by atoms with Crippen molar-refractivity contribution in [3.8, 4) is 5.88 Å². The predicted molar refractivity (Wildman–Crippen MR) is 45.2 cm³/mol. The number of nitrogens with zero attached hydrogens (tertiary/aromatic N) is 4. The molecule has 0 radical (unpaired) electrons. The van der Waals surface area contributed by atoms with E-state index in [4.69, 9.17) is 10.5 Å². The minimum atomic E-state index is 0.307. The Hall–Kier alpha value is -1.69. The second-order valence-corrected chi connectivity index (χ2v) is 2.47. The molecule has 6 heteroatoms. The van der Waals surface area contributed by atoms with E-state index in [0.717, 1.165) is 0 Å². The number of rotatable bonds is 2. The molecule has 0 saturated carbocycles. The van der Waals surface area contributed by atoms with E-state index in [1.807, 2.05) is 0 Å². The number of methoxy groups -OCH3 is 1. The van der Waals surface area contributed by atoms with E-state index in [9.17, 15) is 0 Å². The molecular weight excluding hydrogens is 170 g/mol. The molecule has 0 aliphatic rings. The first-order valence-corrected chi connectivity index (χ1v) is 3.80. The molecule has 2 rings (SSSR count). The maximum absolute atomic E-state index is 5.45. The lowest BCUT2D eigenvalue weighted by molar-refractivity contribution is 0.389. The molecule has 0 spiro atoms. The van der Waals surface area contributed by atoms with Crippen LogP contribution in [0.1, 0.15) is 5.82 Å². The van der Waals surface area contributed by atoms with Crippen LogP contribution in [0.5, 0.6) is 5.88 Å². The first-order valence-electron chi connectivity index (χ1n) is 3.80. The number of hydrogen-bond donors (Lipinski definition) is 1. The summed E-state index contributed by atoms with van der Waals surface area (Å²) in [7, 11) is 1.56. The highest BCUT2D eigenvalue weighted by Crippen LogP contribution is 2.07. The summed E-state index contributed by atoms with van der Waals surface area (Å²) in [4.78, 5) is 0. The van der Waals surface area contributed by atoms with Crippen molar-refractivity contribution in [1.29, 1.82) is 0 Å². The first-order chi connectivity index (χ1) is 6.35. The van der Waals surface area contributed by atoms with Gasteiger partial charge >= 0.3 is 0 Å². The first kappa shape index (κ1) is 7.93. The van der Waals surface area contributed by atoms with Crippen molar-refractivity contribution in [2.75, 3.05) is 7.11 Å². The molecule has 0 amide bonds. The average molecular weight is 179 g/mol. The van der Waals surface area contributed by atoms with E-state index in [-0.39, 0.29) is 0 Å². The van der Waals surface area contributed by atoms with Gasteiger partial charge in [0, 0.05) is 6.07 Å². The molecule has 0 aliphatic heterocycles. The molecule has 0 aliphatic carbocycles. The fourth-order valence-electron chi connectivity index (χ4n) is 1.05. The van der Waals surface area contributed by atoms with Gasteiger partial charge < -0.3 is 10.5 Å². The lowest BCUT2D eigenvalue weighted by Crippen LogP contribution is -2.05. The summed E-state index contributed by atoms with van der Waals surface area (Å²) in [5, 5.41) is 11.9. The second-order valence-electron chi connectivity index (χ2n) is 2.47. The lowest BCUT2D eigenvalue weighted by atomic mass is 10.5. The molecule has 0 atom stereocenters. The van der Waals surface area contributed by atoms with Gasteiger partial charge in [0.05, 0.1) is 13.7 Å². The number of hydrogen-bond acceptors (Lipinski definition) is 5. The van der Waals surface area contributed by atoms with E-state index in [2.05, 4.69) is 15.3 Å². The van der Waals surface area contributed by atoms with E-state index in [0.29, 0.717) is 23.9 Å². The molecular formula is C7H9N5O. The van der Waals surface area contributed by atoms with Gasteiger partial charge in [-0.05, 0) is 6.07 Å². The number of aromatic nitrogens is 4. The van der Waals surface area contributed by atoms with E-state index in [1.165, 1.54) is 0 Å². The third kappa shape index (κ3) is 1.20. The summed E-state index contributed by atoms with van der Waals surface area (Å²) in [5.41, 5.74) is 6.12. The van der Waals surface area contributed by atoms with Gasteiger partial charge in [-0.2, -0.15) is 4.52 Å².